The molecule has 5 rings (SSSR count). The zero-order valence-corrected chi connectivity index (χ0v) is 33.2. The number of aryl methyl sites for hydroxylation is 1. The van der Waals surface area contributed by atoms with E-state index in [4.69, 9.17) is 4.74 Å². The van der Waals surface area contributed by atoms with Gasteiger partial charge in [0.25, 0.3) is 0 Å². The van der Waals surface area contributed by atoms with Crippen molar-refractivity contribution < 1.29 is 24.2 Å². The maximum atomic E-state index is 14.5. The summed E-state index contributed by atoms with van der Waals surface area (Å²) in [5.41, 5.74) is 4.00. The first-order chi connectivity index (χ1) is 26.1. The lowest BCUT2D eigenvalue weighted by molar-refractivity contribution is -0.129. The molecule has 1 fully saturated rings. The maximum absolute atomic E-state index is 14.5. The molecule has 0 aliphatic carbocycles. The number of hydrogen-bond donors (Lipinski definition) is 3. The normalized spacial score (nSPS) is 15.6. The van der Waals surface area contributed by atoms with E-state index in [1.807, 2.05) is 119 Å². The SMILES string of the molecule is Cc1cccc(CN2CCN([C@H](C(=O)N[C@H](Cc3ccc(-c4ccccn4)cc3)C[C@H](O)[C@H](Cc3ccccc3)NC(=O)OC(C)(C)C)C(C)(C)C)C2=O)n1. The van der Waals surface area contributed by atoms with Crippen LogP contribution in [0.1, 0.15) is 70.5 Å². The Morgan fingerprint density at radius 3 is 2.16 bits per heavy atom. The number of aliphatic hydroxyl groups excluding tert-OH is 1. The van der Waals surface area contributed by atoms with Crippen LogP contribution >= 0.6 is 0 Å². The first-order valence-corrected chi connectivity index (χ1v) is 19.1. The molecule has 292 valence electrons. The number of ether oxygens (including phenoxy) is 1. The van der Waals surface area contributed by atoms with Crippen LogP contribution in [0.2, 0.25) is 0 Å². The number of hydrogen-bond acceptors (Lipinski definition) is 7. The molecule has 4 atom stereocenters. The minimum atomic E-state index is -1.07. The summed E-state index contributed by atoms with van der Waals surface area (Å²) in [6.07, 6.45) is 0.915. The summed E-state index contributed by atoms with van der Waals surface area (Å²) in [4.78, 5) is 53.9. The third-order valence-corrected chi connectivity index (χ3v) is 9.54. The first kappa shape index (κ1) is 40.9. The quantitative estimate of drug-likeness (QED) is 0.130. The summed E-state index contributed by atoms with van der Waals surface area (Å²) in [5, 5.41) is 18.1. The van der Waals surface area contributed by atoms with Gasteiger partial charge in [-0.15, -0.1) is 0 Å². The van der Waals surface area contributed by atoms with Crippen molar-refractivity contribution in [3.05, 3.63) is 120 Å². The van der Waals surface area contributed by atoms with Gasteiger partial charge in [0.15, 0.2) is 0 Å². The smallest absolute Gasteiger partial charge is 0.407 e. The number of pyridine rings is 2. The van der Waals surface area contributed by atoms with Gasteiger partial charge in [0.1, 0.15) is 11.6 Å². The summed E-state index contributed by atoms with van der Waals surface area (Å²) < 4.78 is 5.58. The highest BCUT2D eigenvalue weighted by molar-refractivity contribution is 5.89. The number of amides is 4. The molecule has 2 aromatic heterocycles. The van der Waals surface area contributed by atoms with Gasteiger partial charge in [0.2, 0.25) is 5.91 Å². The molecule has 3 N–H and O–H groups in total. The number of rotatable bonds is 14. The predicted molar refractivity (Wildman–Crippen MR) is 214 cm³/mol. The van der Waals surface area contributed by atoms with E-state index in [9.17, 15) is 19.5 Å². The Kier molecular flexibility index (Phi) is 13.3. The van der Waals surface area contributed by atoms with Crippen LogP contribution in [0, 0.1) is 12.3 Å². The van der Waals surface area contributed by atoms with Gasteiger partial charge in [-0.05, 0) is 87.8 Å². The van der Waals surface area contributed by atoms with E-state index < -0.39 is 41.3 Å². The Morgan fingerprint density at radius 2 is 1.53 bits per heavy atom. The molecule has 0 radical (unpaired) electrons. The number of nitrogens with one attached hydrogen (secondary N) is 2. The zero-order chi connectivity index (χ0) is 39.8. The fourth-order valence-corrected chi connectivity index (χ4v) is 7.04. The molecule has 0 unspecified atom stereocenters. The predicted octanol–water partition coefficient (Wildman–Crippen LogP) is 6.72. The Morgan fingerprint density at radius 1 is 0.836 bits per heavy atom. The summed E-state index contributed by atoms with van der Waals surface area (Å²) in [6, 6.07) is 26.8. The average Bonchev–Trinajstić information content (AvgIpc) is 3.45. The largest absolute Gasteiger partial charge is 0.444 e. The van der Waals surface area contributed by atoms with Crippen LogP contribution in [0.15, 0.2) is 97.2 Å². The molecule has 1 aliphatic heterocycles. The van der Waals surface area contributed by atoms with Gasteiger partial charge in [0.05, 0.1) is 30.1 Å². The standard InChI is InChI=1S/C44H56N6O5/c1-30-14-13-17-34(46-30)29-49-24-25-50(42(49)54)39(43(2,3)4)40(52)47-35(26-32-19-21-33(22-20-32)36-18-11-12-23-45-36)28-38(51)37(27-31-15-9-8-10-16-31)48-41(53)55-44(5,6)7/h8-23,35,37-39,51H,24-29H2,1-7H3,(H,47,52)(H,48,53)/t35-,37+,38+,39-/m1/s1. The summed E-state index contributed by atoms with van der Waals surface area (Å²) in [7, 11) is 0. The molecule has 11 heteroatoms. The number of aliphatic hydroxyl groups is 1. The Hall–Kier alpha value is -5.29. The second-order valence-corrected chi connectivity index (χ2v) is 16.5. The van der Waals surface area contributed by atoms with Crippen LogP contribution in [-0.2, 0) is 28.9 Å². The third-order valence-electron chi connectivity index (χ3n) is 9.54. The van der Waals surface area contributed by atoms with Gasteiger partial charge in [-0.3, -0.25) is 14.8 Å². The van der Waals surface area contributed by atoms with Crippen LogP contribution in [0.4, 0.5) is 9.59 Å². The zero-order valence-electron chi connectivity index (χ0n) is 33.2. The molecule has 3 heterocycles. The number of benzene rings is 2. The van der Waals surface area contributed by atoms with Crippen molar-refractivity contribution in [3.63, 3.8) is 0 Å². The molecule has 0 saturated carbocycles. The van der Waals surface area contributed by atoms with Crippen LogP contribution in [0.5, 0.6) is 0 Å². The second-order valence-electron chi connectivity index (χ2n) is 16.5. The Labute approximate surface area is 325 Å². The average molecular weight is 749 g/mol. The van der Waals surface area contributed by atoms with Crippen molar-refractivity contribution in [1.82, 2.24) is 30.4 Å². The van der Waals surface area contributed by atoms with Crippen molar-refractivity contribution in [3.8, 4) is 11.3 Å². The topological polar surface area (TPSA) is 137 Å². The number of alkyl carbamates (subject to hydrolysis) is 1. The van der Waals surface area contributed by atoms with Crippen molar-refractivity contribution >= 4 is 18.0 Å². The van der Waals surface area contributed by atoms with Crippen molar-refractivity contribution in [1.29, 1.82) is 0 Å². The molecule has 0 spiro atoms. The fraction of sp³-hybridized carbons (Fsp3) is 0.432. The van der Waals surface area contributed by atoms with Crippen LogP contribution in [0.3, 0.4) is 0 Å². The van der Waals surface area contributed by atoms with Crippen molar-refractivity contribution in [2.45, 2.75) is 104 Å². The lowest BCUT2D eigenvalue weighted by atomic mass is 9.84. The van der Waals surface area contributed by atoms with Crippen molar-refractivity contribution in [2.24, 2.45) is 5.41 Å². The number of urea groups is 1. The Bertz CT molecular complexity index is 1870. The van der Waals surface area contributed by atoms with E-state index in [0.717, 1.165) is 33.8 Å². The monoisotopic (exact) mass is 748 g/mol. The first-order valence-electron chi connectivity index (χ1n) is 19.1. The van der Waals surface area contributed by atoms with Gasteiger partial charge < -0.3 is 30.3 Å². The van der Waals surface area contributed by atoms with E-state index in [1.165, 1.54) is 0 Å². The lowest BCUT2D eigenvalue weighted by Gasteiger charge is -2.38. The number of carbonyl (C=O) groups is 3. The van der Waals surface area contributed by atoms with Gasteiger partial charge in [-0.1, -0.05) is 87.5 Å². The summed E-state index contributed by atoms with van der Waals surface area (Å²) in [5.74, 6) is -0.307. The van der Waals surface area contributed by atoms with Crippen LogP contribution < -0.4 is 10.6 Å². The van der Waals surface area contributed by atoms with Crippen LogP contribution in [-0.4, -0.2) is 85.8 Å². The number of aromatic nitrogens is 2. The molecular weight excluding hydrogens is 693 g/mol. The molecule has 1 aliphatic rings. The van der Waals surface area contributed by atoms with Gasteiger partial charge >= 0.3 is 12.1 Å². The highest BCUT2D eigenvalue weighted by Crippen LogP contribution is 2.29. The van der Waals surface area contributed by atoms with Gasteiger partial charge in [-0.25, -0.2) is 9.59 Å². The fourth-order valence-electron chi connectivity index (χ4n) is 7.04. The second kappa shape index (κ2) is 17.9. The molecular formula is C44H56N6O5. The van der Waals surface area contributed by atoms with E-state index in [2.05, 4.69) is 20.6 Å². The van der Waals surface area contributed by atoms with Crippen molar-refractivity contribution in [2.75, 3.05) is 13.1 Å². The van der Waals surface area contributed by atoms with E-state index in [1.54, 1.807) is 36.8 Å². The molecule has 4 aromatic rings. The molecule has 1 saturated heterocycles. The van der Waals surface area contributed by atoms with E-state index >= 15 is 0 Å². The highest BCUT2D eigenvalue weighted by Gasteiger charge is 2.44. The van der Waals surface area contributed by atoms with Gasteiger partial charge in [0, 0.05) is 36.6 Å². The lowest BCUT2D eigenvalue weighted by Crippen LogP contribution is -2.57. The highest BCUT2D eigenvalue weighted by atomic mass is 16.6. The summed E-state index contributed by atoms with van der Waals surface area (Å²) >= 11 is 0. The number of nitrogens with zero attached hydrogens (tertiary/aromatic N) is 4. The molecule has 2 aromatic carbocycles. The van der Waals surface area contributed by atoms with E-state index in [-0.39, 0.29) is 18.4 Å². The minimum Gasteiger partial charge on any atom is -0.444 e. The minimum absolute atomic E-state index is 0.122. The molecule has 0 bridgehead atoms. The number of carbonyl (C=O) groups excluding carboxylic acids is 3. The van der Waals surface area contributed by atoms with Crippen LogP contribution in [0.25, 0.3) is 11.3 Å². The summed E-state index contributed by atoms with van der Waals surface area (Å²) in [6.45, 7) is 14.4. The van der Waals surface area contributed by atoms with Gasteiger partial charge in [-0.2, -0.15) is 0 Å². The molecule has 11 nitrogen and oxygen atoms in total. The maximum Gasteiger partial charge on any atom is 0.407 e. The third kappa shape index (κ3) is 11.8. The molecule has 55 heavy (non-hydrogen) atoms. The Balaban J connectivity index is 1.40. The van der Waals surface area contributed by atoms with E-state index in [0.29, 0.717) is 32.5 Å². The molecule has 4 amide bonds.